The number of rotatable bonds is 9. The molecule has 0 aliphatic carbocycles. The van der Waals surface area contributed by atoms with Gasteiger partial charge in [0.25, 0.3) is 5.91 Å². The lowest BCUT2D eigenvalue weighted by Crippen LogP contribution is -2.47. The second-order valence-electron chi connectivity index (χ2n) is 6.95. The topological polar surface area (TPSA) is 87.7 Å². The largest absolute Gasteiger partial charge is 0.385 e. The maximum atomic E-state index is 13.4. The van der Waals surface area contributed by atoms with Crippen molar-refractivity contribution in [2.45, 2.75) is 18.4 Å². The molecule has 4 amide bonds. The van der Waals surface area contributed by atoms with Crippen LogP contribution in [0, 0.1) is 0 Å². The predicted octanol–water partition coefficient (Wildman–Crippen LogP) is 1.83. The van der Waals surface area contributed by atoms with E-state index in [1.54, 1.807) is 7.11 Å². The van der Waals surface area contributed by atoms with Crippen LogP contribution >= 0.6 is 0 Å². The highest BCUT2D eigenvalue weighted by molar-refractivity contribution is 6.09. The summed E-state index contributed by atoms with van der Waals surface area (Å²) in [6.07, 6.45) is 0.957. The van der Waals surface area contributed by atoms with Crippen molar-refractivity contribution in [2.24, 2.45) is 0 Å². The van der Waals surface area contributed by atoms with E-state index < -0.39 is 17.5 Å². The van der Waals surface area contributed by atoms with Gasteiger partial charge < -0.3 is 15.4 Å². The molecule has 2 N–H and O–H groups in total. The highest BCUT2D eigenvalue weighted by Gasteiger charge is 2.52. The van der Waals surface area contributed by atoms with Gasteiger partial charge in [-0.25, -0.2) is 4.79 Å². The Morgan fingerprint density at radius 2 is 1.72 bits per heavy atom. The molecule has 152 valence electrons. The molecule has 0 aromatic heterocycles. The van der Waals surface area contributed by atoms with Crippen LogP contribution in [0.2, 0.25) is 0 Å². The van der Waals surface area contributed by atoms with Gasteiger partial charge in [0.15, 0.2) is 5.54 Å². The van der Waals surface area contributed by atoms with Crippen molar-refractivity contribution < 1.29 is 19.1 Å². The number of imide groups is 1. The molecule has 1 heterocycles. The number of carbonyl (C=O) groups is 3. The Kier molecular flexibility index (Phi) is 6.61. The monoisotopic (exact) mass is 395 g/mol. The molecular formula is C22H25N3O4. The van der Waals surface area contributed by atoms with E-state index in [4.69, 9.17) is 4.74 Å². The summed E-state index contributed by atoms with van der Waals surface area (Å²) in [4.78, 5) is 39.3. The lowest BCUT2D eigenvalue weighted by atomic mass is 9.83. The molecule has 7 heteroatoms. The summed E-state index contributed by atoms with van der Waals surface area (Å²) in [5.74, 6) is -0.808. The Bertz CT molecular complexity index is 857. The molecule has 1 aliphatic heterocycles. The van der Waals surface area contributed by atoms with Crippen molar-refractivity contribution in [3.8, 4) is 0 Å². The first-order chi connectivity index (χ1) is 14.1. The minimum atomic E-state index is -1.24. The summed E-state index contributed by atoms with van der Waals surface area (Å²) in [7, 11) is 1.59. The smallest absolute Gasteiger partial charge is 0.325 e. The van der Waals surface area contributed by atoms with Crippen LogP contribution in [0.1, 0.15) is 17.5 Å². The molecule has 2 aromatic carbocycles. The minimum Gasteiger partial charge on any atom is -0.385 e. The molecule has 2 aromatic rings. The molecule has 0 saturated carbocycles. The number of benzene rings is 2. The van der Waals surface area contributed by atoms with Crippen LogP contribution in [0.5, 0.6) is 0 Å². The molecule has 1 atom stereocenters. The van der Waals surface area contributed by atoms with Crippen LogP contribution in [0.15, 0.2) is 60.7 Å². The van der Waals surface area contributed by atoms with E-state index in [0.717, 1.165) is 10.5 Å². The second-order valence-corrected chi connectivity index (χ2v) is 6.95. The molecule has 7 nitrogen and oxygen atoms in total. The lowest BCUT2D eigenvalue weighted by molar-refractivity contribution is -0.135. The number of nitrogens with zero attached hydrogens (tertiary/aromatic N) is 1. The van der Waals surface area contributed by atoms with E-state index >= 15 is 0 Å². The average molecular weight is 395 g/mol. The summed E-state index contributed by atoms with van der Waals surface area (Å²) >= 11 is 0. The SMILES string of the molecule is COCCCNC(=O)CN1C(=O)N[C@@](Cc2ccccc2)(c2ccccc2)C1=O. The van der Waals surface area contributed by atoms with E-state index in [9.17, 15) is 14.4 Å². The Morgan fingerprint density at radius 3 is 2.38 bits per heavy atom. The fraction of sp³-hybridized carbons (Fsp3) is 0.318. The molecule has 29 heavy (non-hydrogen) atoms. The molecule has 0 spiro atoms. The van der Waals surface area contributed by atoms with Gasteiger partial charge in [0.2, 0.25) is 5.91 Å². The van der Waals surface area contributed by atoms with Gasteiger partial charge >= 0.3 is 6.03 Å². The summed E-state index contributed by atoms with van der Waals surface area (Å²) < 4.78 is 4.94. The molecule has 3 rings (SSSR count). The first-order valence-electron chi connectivity index (χ1n) is 9.56. The first-order valence-corrected chi connectivity index (χ1v) is 9.56. The lowest BCUT2D eigenvalue weighted by Gasteiger charge is -2.27. The number of carbonyl (C=O) groups excluding carboxylic acids is 3. The average Bonchev–Trinajstić information content (AvgIpc) is 2.97. The zero-order valence-corrected chi connectivity index (χ0v) is 16.4. The molecular weight excluding hydrogens is 370 g/mol. The Labute approximate surface area is 170 Å². The van der Waals surface area contributed by atoms with Crippen molar-refractivity contribution >= 4 is 17.8 Å². The number of hydrogen-bond donors (Lipinski definition) is 2. The van der Waals surface area contributed by atoms with Crippen LogP contribution < -0.4 is 10.6 Å². The fourth-order valence-electron chi connectivity index (χ4n) is 3.46. The third-order valence-electron chi connectivity index (χ3n) is 4.90. The van der Waals surface area contributed by atoms with E-state index in [1.165, 1.54) is 0 Å². The Balaban J connectivity index is 1.82. The highest BCUT2D eigenvalue weighted by atomic mass is 16.5. The number of hydrogen-bond acceptors (Lipinski definition) is 4. The Hall–Kier alpha value is -3.19. The van der Waals surface area contributed by atoms with Crippen LogP contribution in [-0.2, 0) is 26.3 Å². The van der Waals surface area contributed by atoms with Crippen molar-refractivity contribution in [2.75, 3.05) is 26.8 Å². The molecule has 1 saturated heterocycles. The van der Waals surface area contributed by atoms with Crippen molar-refractivity contribution in [1.82, 2.24) is 15.5 Å². The van der Waals surface area contributed by atoms with Crippen LogP contribution in [0.3, 0.4) is 0 Å². The third kappa shape index (κ3) is 4.63. The van der Waals surface area contributed by atoms with Gasteiger partial charge in [-0.2, -0.15) is 0 Å². The zero-order chi connectivity index (χ0) is 20.7. The number of methoxy groups -OCH3 is 1. The first kappa shape index (κ1) is 20.5. The maximum absolute atomic E-state index is 13.4. The molecule has 1 fully saturated rings. The van der Waals surface area contributed by atoms with E-state index in [0.29, 0.717) is 31.6 Å². The molecule has 1 aliphatic rings. The summed E-state index contributed by atoms with van der Waals surface area (Å²) in [6.45, 7) is 0.628. The highest BCUT2D eigenvalue weighted by Crippen LogP contribution is 2.32. The predicted molar refractivity (Wildman–Crippen MR) is 108 cm³/mol. The number of amides is 4. The summed E-state index contributed by atoms with van der Waals surface area (Å²) in [5.41, 5.74) is 0.358. The van der Waals surface area contributed by atoms with Gasteiger partial charge in [-0.05, 0) is 17.5 Å². The van der Waals surface area contributed by atoms with Crippen LogP contribution in [0.25, 0.3) is 0 Å². The minimum absolute atomic E-state index is 0.300. The van der Waals surface area contributed by atoms with Crippen molar-refractivity contribution in [3.63, 3.8) is 0 Å². The Morgan fingerprint density at radius 1 is 1.07 bits per heavy atom. The maximum Gasteiger partial charge on any atom is 0.325 e. The third-order valence-corrected chi connectivity index (χ3v) is 4.90. The molecule has 0 radical (unpaired) electrons. The van der Waals surface area contributed by atoms with Gasteiger partial charge in [0.05, 0.1) is 0 Å². The van der Waals surface area contributed by atoms with E-state index in [-0.39, 0.29) is 12.5 Å². The normalized spacial score (nSPS) is 18.6. The number of urea groups is 1. The molecule has 0 unspecified atom stereocenters. The quantitative estimate of drug-likeness (QED) is 0.501. The van der Waals surface area contributed by atoms with Gasteiger partial charge in [-0.15, -0.1) is 0 Å². The van der Waals surface area contributed by atoms with Crippen molar-refractivity contribution in [1.29, 1.82) is 0 Å². The number of nitrogens with one attached hydrogen (secondary N) is 2. The summed E-state index contributed by atoms with van der Waals surface area (Å²) in [6, 6.07) is 18.1. The van der Waals surface area contributed by atoms with Gasteiger partial charge in [0, 0.05) is 26.7 Å². The van der Waals surface area contributed by atoms with Gasteiger partial charge in [-0.1, -0.05) is 60.7 Å². The van der Waals surface area contributed by atoms with Crippen molar-refractivity contribution in [3.05, 3.63) is 71.8 Å². The van der Waals surface area contributed by atoms with Crippen LogP contribution in [-0.4, -0.2) is 49.6 Å². The fourth-order valence-corrected chi connectivity index (χ4v) is 3.46. The van der Waals surface area contributed by atoms with Gasteiger partial charge in [0.1, 0.15) is 6.54 Å². The van der Waals surface area contributed by atoms with E-state index in [1.807, 2.05) is 60.7 Å². The van der Waals surface area contributed by atoms with E-state index in [2.05, 4.69) is 10.6 Å². The summed E-state index contributed by atoms with van der Waals surface area (Å²) in [5, 5.41) is 5.56. The van der Waals surface area contributed by atoms with Crippen LogP contribution in [0.4, 0.5) is 4.79 Å². The second kappa shape index (κ2) is 9.34. The zero-order valence-electron chi connectivity index (χ0n) is 16.4. The number of ether oxygens (including phenoxy) is 1. The standard InChI is InChI=1S/C22H25N3O4/c1-29-14-8-13-23-19(26)16-25-20(27)22(24-21(25)28,18-11-6-3-7-12-18)15-17-9-4-2-5-10-17/h2-7,9-12H,8,13-16H2,1H3,(H,23,26)(H,24,28)/t22-/m0/s1. The molecule has 0 bridgehead atoms. The van der Waals surface area contributed by atoms with Gasteiger partial charge in [-0.3, -0.25) is 14.5 Å².